The van der Waals surface area contributed by atoms with Gasteiger partial charge in [-0.3, -0.25) is 0 Å². The molecule has 0 heterocycles. The first kappa shape index (κ1) is 17.1. The zero-order valence-electron chi connectivity index (χ0n) is 13.6. The highest BCUT2D eigenvalue weighted by Crippen LogP contribution is 2.39. The molecule has 20 heavy (non-hydrogen) atoms. The van der Waals surface area contributed by atoms with Crippen LogP contribution in [0.3, 0.4) is 0 Å². The van der Waals surface area contributed by atoms with Gasteiger partial charge in [0.05, 0.1) is 0 Å². The summed E-state index contributed by atoms with van der Waals surface area (Å²) in [4.78, 5) is 0. The molecular formula is C19H32O. The SMILES string of the molecule is CCCCCC(c1ccccc1O)C(CC)CCCC. The lowest BCUT2D eigenvalue weighted by atomic mass is 9.78. The molecule has 0 aliphatic rings. The minimum Gasteiger partial charge on any atom is -0.508 e. The zero-order valence-corrected chi connectivity index (χ0v) is 13.6. The number of para-hydroxylation sites is 1. The molecule has 2 atom stereocenters. The maximum absolute atomic E-state index is 10.2. The van der Waals surface area contributed by atoms with Crippen LogP contribution in [0.1, 0.15) is 83.6 Å². The third-order valence-corrected chi connectivity index (χ3v) is 4.48. The van der Waals surface area contributed by atoms with Gasteiger partial charge >= 0.3 is 0 Å². The van der Waals surface area contributed by atoms with Crippen LogP contribution >= 0.6 is 0 Å². The molecule has 0 amide bonds. The Morgan fingerprint density at radius 3 is 2.20 bits per heavy atom. The summed E-state index contributed by atoms with van der Waals surface area (Å²) in [6, 6.07) is 7.96. The van der Waals surface area contributed by atoms with Crippen LogP contribution in [0.25, 0.3) is 0 Å². The van der Waals surface area contributed by atoms with Crippen molar-refractivity contribution in [3.05, 3.63) is 29.8 Å². The van der Waals surface area contributed by atoms with E-state index in [0.29, 0.717) is 17.6 Å². The summed E-state index contributed by atoms with van der Waals surface area (Å²) >= 11 is 0. The monoisotopic (exact) mass is 276 g/mol. The average Bonchev–Trinajstić information content (AvgIpc) is 2.47. The van der Waals surface area contributed by atoms with Crippen molar-refractivity contribution in [2.24, 2.45) is 5.92 Å². The lowest BCUT2D eigenvalue weighted by molar-refractivity contribution is 0.338. The van der Waals surface area contributed by atoms with Crippen LogP contribution in [0, 0.1) is 5.92 Å². The van der Waals surface area contributed by atoms with Gasteiger partial charge in [-0.25, -0.2) is 0 Å². The van der Waals surface area contributed by atoms with Gasteiger partial charge < -0.3 is 5.11 Å². The molecule has 0 spiro atoms. The fourth-order valence-electron chi connectivity index (χ4n) is 3.22. The van der Waals surface area contributed by atoms with Crippen LogP contribution in [0.2, 0.25) is 0 Å². The molecule has 2 unspecified atom stereocenters. The van der Waals surface area contributed by atoms with Crippen molar-refractivity contribution in [2.45, 2.75) is 78.1 Å². The molecule has 0 bridgehead atoms. The molecule has 0 fully saturated rings. The maximum atomic E-state index is 10.2. The highest BCUT2D eigenvalue weighted by Gasteiger charge is 2.23. The Morgan fingerprint density at radius 2 is 1.60 bits per heavy atom. The molecule has 1 aromatic rings. The van der Waals surface area contributed by atoms with Crippen LogP contribution in [0.5, 0.6) is 5.75 Å². The Morgan fingerprint density at radius 1 is 0.900 bits per heavy atom. The molecular weight excluding hydrogens is 244 g/mol. The van der Waals surface area contributed by atoms with Gasteiger partial charge in [0, 0.05) is 0 Å². The van der Waals surface area contributed by atoms with Gasteiger partial charge in [0.1, 0.15) is 5.75 Å². The zero-order chi connectivity index (χ0) is 14.8. The number of unbranched alkanes of at least 4 members (excludes halogenated alkanes) is 3. The van der Waals surface area contributed by atoms with E-state index in [0.717, 1.165) is 0 Å². The number of hydrogen-bond acceptors (Lipinski definition) is 1. The maximum Gasteiger partial charge on any atom is 0.119 e. The van der Waals surface area contributed by atoms with Gasteiger partial charge in [-0.1, -0.05) is 77.5 Å². The van der Waals surface area contributed by atoms with E-state index in [1.807, 2.05) is 12.1 Å². The van der Waals surface area contributed by atoms with E-state index >= 15 is 0 Å². The summed E-state index contributed by atoms with van der Waals surface area (Å²) < 4.78 is 0. The first-order chi connectivity index (χ1) is 9.74. The molecule has 1 N–H and O–H groups in total. The normalized spacial score (nSPS) is 14.2. The van der Waals surface area contributed by atoms with Crippen LogP contribution in [0.15, 0.2) is 24.3 Å². The van der Waals surface area contributed by atoms with E-state index in [9.17, 15) is 5.11 Å². The van der Waals surface area contributed by atoms with Gasteiger partial charge in [-0.05, 0) is 36.3 Å². The van der Waals surface area contributed by atoms with Crippen LogP contribution in [0.4, 0.5) is 0 Å². The number of aromatic hydroxyl groups is 1. The van der Waals surface area contributed by atoms with Crippen LogP contribution < -0.4 is 0 Å². The van der Waals surface area contributed by atoms with E-state index in [1.165, 1.54) is 56.9 Å². The Hall–Kier alpha value is -0.980. The van der Waals surface area contributed by atoms with Crippen LogP contribution in [-0.2, 0) is 0 Å². The second-order valence-corrected chi connectivity index (χ2v) is 5.97. The predicted octanol–water partition coefficient (Wildman–Crippen LogP) is 6.27. The summed E-state index contributed by atoms with van der Waals surface area (Å²) in [5.74, 6) is 1.73. The standard InChI is InChI=1S/C19H32O/c1-4-7-9-13-17(16(6-3)12-8-5-2)18-14-10-11-15-19(18)20/h10-11,14-17,20H,4-9,12-13H2,1-3H3. The van der Waals surface area contributed by atoms with Crippen molar-refractivity contribution < 1.29 is 5.11 Å². The third kappa shape index (κ3) is 5.19. The Labute approximate surface area is 125 Å². The molecule has 0 aliphatic heterocycles. The van der Waals surface area contributed by atoms with Gasteiger partial charge in [0.15, 0.2) is 0 Å². The summed E-state index contributed by atoms with van der Waals surface area (Å²) in [6.45, 7) is 6.81. The predicted molar refractivity (Wildman–Crippen MR) is 88.3 cm³/mol. The molecule has 1 aromatic carbocycles. The summed E-state index contributed by atoms with van der Waals surface area (Å²) in [5.41, 5.74) is 1.17. The fourth-order valence-corrected chi connectivity index (χ4v) is 3.22. The molecule has 114 valence electrons. The topological polar surface area (TPSA) is 20.2 Å². The van der Waals surface area contributed by atoms with Gasteiger partial charge in [-0.15, -0.1) is 0 Å². The molecule has 0 aliphatic carbocycles. The largest absolute Gasteiger partial charge is 0.508 e. The van der Waals surface area contributed by atoms with E-state index in [-0.39, 0.29) is 0 Å². The number of phenols is 1. The smallest absolute Gasteiger partial charge is 0.119 e. The molecule has 0 saturated carbocycles. The van der Waals surface area contributed by atoms with Gasteiger partial charge in [0.2, 0.25) is 0 Å². The first-order valence-corrected chi connectivity index (χ1v) is 8.52. The van der Waals surface area contributed by atoms with Crippen LogP contribution in [-0.4, -0.2) is 5.11 Å². The minimum atomic E-state index is 0.490. The third-order valence-electron chi connectivity index (χ3n) is 4.48. The molecule has 1 rings (SSSR count). The first-order valence-electron chi connectivity index (χ1n) is 8.52. The van der Waals surface area contributed by atoms with E-state index < -0.39 is 0 Å². The van der Waals surface area contributed by atoms with Crippen molar-refractivity contribution in [3.63, 3.8) is 0 Å². The van der Waals surface area contributed by atoms with Gasteiger partial charge in [0.25, 0.3) is 0 Å². The summed E-state index contributed by atoms with van der Waals surface area (Å²) in [7, 11) is 0. The fraction of sp³-hybridized carbons (Fsp3) is 0.684. The average molecular weight is 276 g/mol. The number of benzene rings is 1. The van der Waals surface area contributed by atoms with E-state index in [2.05, 4.69) is 32.9 Å². The number of phenolic OH excluding ortho intramolecular Hbond substituents is 1. The number of rotatable bonds is 10. The quantitative estimate of drug-likeness (QED) is 0.499. The molecule has 0 saturated heterocycles. The van der Waals surface area contributed by atoms with E-state index in [1.54, 1.807) is 0 Å². The molecule has 0 aromatic heterocycles. The second kappa shape index (κ2) is 9.85. The highest BCUT2D eigenvalue weighted by atomic mass is 16.3. The van der Waals surface area contributed by atoms with Crippen molar-refractivity contribution in [1.29, 1.82) is 0 Å². The Kier molecular flexibility index (Phi) is 8.41. The Bertz CT molecular complexity index is 359. The van der Waals surface area contributed by atoms with Gasteiger partial charge in [-0.2, -0.15) is 0 Å². The minimum absolute atomic E-state index is 0.490. The lowest BCUT2D eigenvalue weighted by Crippen LogP contribution is -2.13. The van der Waals surface area contributed by atoms with E-state index in [4.69, 9.17) is 0 Å². The number of hydrogen-bond donors (Lipinski definition) is 1. The molecule has 1 nitrogen and oxygen atoms in total. The van der Waals surface area contributed by atoms with Crippen molar-refractivity contribution in [3.8, 4) is 5.75 Å². The summed E-state index contributed by atoms with van der Waals surface area (Å²) in [6.07, 6.45) is 10.1. The molecule has 0 radical (unpaired) electrons. The van der Waals surface area contributed by atoms with Crippen molar-refractivity contribution >= 4 is 0 Å². The molecule has 1 heteroatoms. The Balaban J connectivity index is 2.85. The summed E-state index contributed by atoms with van der Waals surface area (Å²) in [5, 5.41) is 10.2. The van der Waals surface area contributed by atoms with Crippen molar-refractivity contribution in [1.82, 2.24) is 0 Å². The van der Waals surface area contributed by atoms with Crippen molar-refractivity contribution in [2.75, 3.05) is 0 Å². The second-order valence-electron chi connectivity index (χ2n) is 5.97. The highest BCUT2D eigenvalue weighted by molar-refractivity contribution is 5.35. The lowest BCUT2D eigenvalue weighted by Gasteiger charge is -2.27.